The van der Waals surface area contributed by atoms with Gasteiger partial charge in [0, 0.05) is 17.2 Å². The number of rotatable bonds is 3. The first kappa shape index (κ1) is 20.4. The zero-order valence-electron chi connectivity index (χ0n) is 15.7. The fraction of sp³-hybridized carbons (Fsp3) is 0.227. The molecule has 4 nitrogen and oxygen atoms in total. The first-order valence-corrected chi connectivity index (χ1v) is 9.77. The molecule has 2 atom stereocenters. The van der Waals surface area contributed by atoms with Crippen molar-refractivity contribution in [2.75, 3.05) is 18.5 Å². The van der Waals surface area contributed by atoms with Crippen molar-refractivity contribution in [2.45, 2.75) is 12.2 Å². The second kappa shape index (κ2) is 8.12. The quantitative estimate of drug-likeness (QED) is 0.515. The van der Waals surface area contributed by atoms with Crippen molar-refractivity contribution >= 4 is 33.8 Å². The molecule has 30 heavy (non-hydrogen) atoms. The number of benzene rings is 3. The molecule has 0 saturated heterocycles. The maximum atomic E-state index is 13.0. The third kappa shape index (κ3) is 4.06. The van der Waals surface area contributed by atoms with Crippen molar-refractivity contribution in [3.8, 4) is 5.75 Å². The number of ether oxygens (including phenoxy) is 1. The molecule has 1 aliphatic rings. The van der Waals surface area contributed by atoms with Crippen LogP contribution in [0.5, 0.6) is 5.75 Å². The topological polar surface area (TPSA) is 53.5 Å². The molecule has 0 spiro atoms. The maximum absolute atomic E-state index is 13.0. The van der Waals surface area contributed by atoms with Gasteiger partial charge in [0.05, 0.1) is 24.8 Å². The molecule has 3 aromatic carbocycles. The predicted octanol–water partition coefficient (Wildman–Crippen LogP) is 4.89. The van der Waals surface area contributed by atoms with Gasteiger partial charge in [-0.1, -0.05) is 36.4 Å². The van der Waals surface area contributed by atoms with Crippen LogP contribution < -0.4 is 15.4 Å². The highest BCUT2D eigenvalue weighted by atomic mass is 32.1. The Balaban J connectivity index is 1.62. The average Bonchev–Trinajstić information content (AvgIpc) is 2.73. The predicted molar refractivity (Wildman–Crippen MR) is 114 cm³/mol. The van der Waals surface area contributed by atoms with Gasteiger partial charge in [0.25, 0.3) is 0 Å². The molecule has 3 N–H and O–H groups in total. The van der Waals surface area contributed by atoms with Crippen molar-refractivity contribution in [3.63, 3.8) is 0 Å². The van der Waals surface area contributed by atoms with Crippen LogP contribution in [0.1, 0.15) is 17.2 Å². The van der Waals surface area contributed by atoms with Gasteiger partial charge in [-0.15, -0.1) is 0 Å². The third-order valence-electron chi connectivity index (χ3n) is 5.13. The Morgan fingerprint density at radius 2 is 1.90 bits per heavy atom. The van der Waals surface area contributed by atoms with Crippen molar-refractivity contribution in [3.05, 3.63) is 71.8 Å². The van der Waals surface area contributed by atoms with E-state index in [1.807, 2.05) is 36.4 Å². The smallest absolute Gasteiger partial charge is 0.416 e. The minimum absolute atomic E-state index is 0.132. The summed E-state index contributed by atoms with van der Waals surface area (Å²) in [6.45, 7) is 0.165. The molecule has 0 aromatic heterocycles. The molecule has 4 rings (SSSR count). The van der Waals surface area contributed by atoms with Crippen LogP contribution in [-0.4, -0.2) is 23.4 Å². The van der Waals surface area contributed by atoms with Gasteiger partial charge in [0.15, 0.2) is 5.11 Å². The molecular weight excluding hydrogens is 413 g/mol. The molecule has 3 aromatic rings. The molecular formula is C22H19F3N2O2S. The summed E-state index contributed by atoms with van der Waals surface area (Å²) in [7, 11) is 0. The van der Waals surface area contributed by atoms with Crippen LogP contribution in [0, 0.1) is 5.92 Å². The summed E-state index contributed by atoms with van der Waals surface area (Å²) in [5.41, 5.74) is 0.339. The lowest BCUT2D eigenvalue weighted by molar-refractivity contribution is -0.137. The number of thiocarbonyl (C=S) groups is 1. The standard InChI is InChI=1S/C22H19F3N2O2S/c23-22(24,25)15-5-3-6-16(10-15)26-21(30)27-20-14(11-28)12-29-18-9-8-13-4-1-2-7-17(13)19(18)20/h1-10,14,20,28H,11-12H2,(H2,26,27,30)/t14-,20-/m0/s1. The van der Waals surface area contributed by atoms with E-state index in [1.165, 1.54) is 12.1 Å². The van der Waals surface area contributed by atoms with E-state index < -0.39 is 11.7 Å². The van der Waals surface area contributed by atoms with Crippen LogP contribution in [0.2, 0.25) is 0 Å². The van der Waals surface area contributed by atoms with Gasteiger partial charge in [-0.25, -0.2) is 0 Å². The first-order valence-electron chi connectivity index (χ1n) is 9.37. The van der Waals surface area contributed by atoms with Gasteiger partial charge in [0.2, 0.25) is 0 Å². The highest BCUT2D eigenvalue weighted by molar-refractivity contribution is 7.80. The molecule has 0 saturated carbocycles. The molecule has 0 unspecified atom stereocenters. The summed E-state index contributed by atoms with van der Waals surface area (Å²) in [5, 5.41) is 18.0. The van der Waals surface area contributed by atoms with Gasteiger partial charge < -0.3 is 20.5 Å². The lowest BCUT2D eigenvalue weighted by Gasteiger charge is -2.35. The highest BCUT2D eigenvalue weighted by Crippen LogP contribution is 2.40. The molecule has 1 aliphatic heterocycles. The van der Waals surface area contributed by atoms with Gasteiger partial charge in [-0.05, 0) is 47.3 Å². The highest BCUT2D eigenvalue weighted by Gasteiger charge is 2.33. The molecule has 8 heteroatoms. The minimum Gasteiger partial charge on any atom is -0.493 e. The van der Waals surface area contributed by atoms with E-state index >= 15 is 0 Å². The van der Waals surface area contributed by atoms with Crippen LogP contribution in [0.4, 0.5) is 18.9 Å². The number of fused-ring (bicyclic) bond motifs is 3. The summed E-state index contributed by atoms with van der Waals surface area (Å²) in [6.07, 6.45) is -4.44. The Kier molecular flexibility index (Phi) is 5.53. The molecule has 156 valence electrons. The fourth-order valence-electron chi connectivity index (χ4n) is 3.68. The number of nitrogens with one attached hydrogen (secondary N) is 2. The Bertz CT molecular complexity index is 1090. The Morgan fingerprint density at radius 3 is 2.67 bits per heavy atom. The summed E-state index contributed by atoms with van der Waals surface area (Å²) in [6, 6.07) is 16.1. The zero-order valence-corrected chi connectivity index (χ0v) is 16.6. The lowest BCUT2D eigenvalue weighted by atomic mass is 9.87. The fourth-order valence-corrected chi connectivity index (χ4v) is 3.93. The summed E-state index contributed by atoms with van der Waals surface area (Å²) >= 11 is 5.38. The first-order chi connectivity index (χ1) is 14.4. The van der Waals surface area contributed by atoms with Crippen molar-refractivity contribution in [1.29, 1.82) is 0 Å². The van der Waals surface area contributed by atoms with E-state index in [2.05, 4.69) is 10.6 Å². The second-order valence-corrected chi connectivity index (χ2v) is 7.52. The third-order valence-corrected chi connectivity index (χ3v) is 5.35. The SMILES string of the molecule is OC[C@H]1COc2ccc3ccccc3c2[C@H]1NC(=S)Nc1cccc(C(F)(F)F)c1. The summed E-state index contributed by atoms with van der Waals surface area (Å²) in [4.78, 5) is 0. The largest absolute Gasteiger partial charge is 0.493 e. The molecule has 0 fully saturated rings. The van der Waals surface area contributed by atoms with Gasteiger partial charge in [0.1, 0.15) is 5.75 Å². The number of alkyl halides is 3. The van der Waals surface area contributed by atoms with Gasteiger partial charge in [-0.3, -0.25) is 0 Å². The monoisotopic (exact) mass is 432 g/mol. The van der Waals surface area contributed by atoms with Crippen LogP contribution in [-0.2, 0) is 6.18 Å². The van der Waals surface area contributed by atoms with E-state index in [0.29, 0.717) is 12.4 Å². The number of aliphatic hydroxyl groups excluding tert-OH is 1. The second-order valence-electron chi connectivity index (χ2n) is 7.11. The van der Waals surface area contributed by atoms with Crippen LogP contribution in [0.15, 0.2) is 60.7 Å². The van der Waals surface area contributed by atoms with Crippen molar-refractivity contribution in [1.82, 2.24) is 5.32 Å². The van der Waals surface area contributed by atoms with Crippen LogP contribution in [0.3, 0.4) is 0 Å². The van der Waals surface area contributed by atoms with E-state index in [0.717, 1.165) is 28.5 Å². The number of hydrogen-bond acceptors (Lipinski definition) is 3. The summed E-state index contributed by atoms with van der Waals surface area (Å²) in [5.74, 6) is 0.419. The van der Waals surface area contributed by atoms with Crippen LogP contribution in [0.25, 0.3) is 10.8 Å². The Labute approximate surface area is 176 Å². The maximum Gasteiger partial charge on any atom is 0.416 e. The number of halogens is 3. The molecule has 1 heterocycles. The van der Waals surface area contributed by atoms with E-state index in [4.69, 9.17) is 17.0 Å². The molecule has 0 aliphatic carbocycles. The zero-order chi connectivity index (χ0) is 21.3. The van der Waals surface area contributed by atoms with Crippen molar-refractivity contribution < 1.29 is 23.0 Å². The Hall–Kier alpha value is -2.84. The number of anilines is 1. The Morgan fingerprint density at radius 1 is 1.10 bits per heavy atom. The molecule has 0 amide bonds. The van der Waals surface area contributed by atoms with Crippen LogP contribution >= 0.6 is 12.2 Å². The molecule has 0 bridgehead atoms. The average molecular weight is 432 g/mol. The normalized spacial score (nSPS) is 18.4. The number of hydrogen-bond donors (Lipinski definition) is 3. The molecule has 0 radical (unpaired) electrons. The van der Waals surface area contributed by atoms with Gasteiger partial charge in [-0.2, -0.15) is 13.2 Å². The summed E-state index contributed by atoms with van der Waals surface area (Å²) < 4.78 is 44.7. The number of aliphatic hydroxyl groups is 1. The van der Waals surface area contributed by atoms with E-state index in [9.17, 15) is 18.3 Å². The van der Waals surface area contributed by atoms with Crippen molar-refractivity contribution in [2.24, 2.45) is 5.92 Å². The minimum atomic E-state index is -4.44. The van der Waals surface area contributed by atoms with E-state index in [1.54, 1.807) is 0 Å². The lowest BCUT2D eigenvalue weighted by Crippen LogP contribution is -2.42. The van der Waals surface area contributed by atoms with E-state index in [-0.39, 0.29) is 29.4 Å². The van der Waals surface area contributed by atoms with Gasteiger partial charge >= 0.3 is 6.18 Å².